The van der Waals surface area contributed by atoms with Crippen LogP contribution < -0.4 is 10.1 Å². The number of hydrogen-bond donors (Lipinski definition) is 3. The number of nitrogens with one attached hydrogen (secondary N) is 1. The summed E-state index contributed by atoms with van der Waals surface area (Å²) >= 11 is 0. The van der Waals surface area contributed by atoms with Crippen molar-refractivity contribution in [2.75, 3.05) is 18.5 Å². The molecule has 0 fully saturated rings. The van der Waals surface area contributed by atoms with Crippen LogP contribution >= 0.6 is 0 Å². The third-order valence-corrected chi connectivity index (χ3v) is 3.24. The lowest BCUT2D eigenvalue weighted by Gasteiger charge is -2.16. The molecule has 2 aromatic carbocycles. The minimum absolute atomic E-state index is 0.0559. The van der Waals surface area contributed by atoms with Gasteiger partial charge in [0.25, 0.3) is 0 Å². The molecule has 0 amide bonds. The first-order valence-electron chi connectivity index (χ1n) is 7.19. The minimum atomic E-state index is -4.95. The number of rotatable bonds is 6. The molecule has 4 nitrogen and oxygen atoms in total. The van der Waals surface area contributed by atoms with Crippen LogP contribution in [0, 0.1) is 17.5 Å². The highest BCUT2D eigenvalue weighted by Gasteiger charge is 2.33. The minimum Gasteiger partial charge on any atom is -0.449 e. The van der Waals surface area contributed by atoms with Crippen LogP contribution in [0.5, 0.6) is 11.5 Å². The summed E-state index contributed by atoms with van der Waals surface area (Å²) in [5.74, 6) is -5.71. The first-order valence-corrected chi connectivity index (χ1v) is 7.19. The fraction of sp³-hybridized carbons (Fsp3) is 0.250. The molecular formula is C16H13F6NO3. The second-order valence-corrected chi connectivity index (χ2v) is 5.20. The van der Waals surface area contributed by atoms with E-state index in [0.29, 0.717) is 0 Å². The number of alkyl halides is 3. The fourth-order valence-corrected chi connectivity index (χ4v) is 1.98. The molecule has 0 radical (unpaired) electrons. The van der Waals surface area contributed by atoms with Gasteiger partial charge >= 0.3 is 6.18 Å². The van der Waals surface area contributed by atoms with Crippen LogP contribution in [0.15, 0.2) is 30.3 Å². The lowest BCUT2D eigenvalue weighted by Crippen LogP contribution is -2.23. The van der Waals surface area contributed by atoms with Crippen molar-refractivity contribution in [1.82, 2.24) is 0 Å². The maximum atomic E-state index is 13.9. The van der Waals surface area contributed by atoms with Crippen molar-refractivity contribution in [3.8, 4) is 11.5 Å². The number of ether oxygens (including phenoxy) is 1. The Labute approximate surface area is 143 Å². The summed E-state index contributed by atoms with van der Waals surface area (Å²) in [5, 5.41) is 20.4. The van der Waals surface area contributed by atoms with Gasteiger partial charge in [0.1, 0.15) is 11.5 Å². The second kappa shape index (κ2) is 7.83. The Morgan fingerprint density at radius 2 is 1.65 bits per heavy atom. The fourth-order valence-electron chi connectivity index (χ4n) is 1.98. The molecule has 0 aliphatic heterocycles. The van der Waals surface area contributed by atoms with Crippen LogP contribution in [0.25, 0.3) is 0 Å². The Morgan fingerprint density at radius 1 is 1.04 bits per heavy atom. The lowest BCUT2D eigenvalue weighted by molar-refractivity contribution is -0.138. The molecule has 3 N–H and O–H groups in total. The molecule has 0 aliphatic rings. The highest BCUT2D eigenvalue weighted by molar-refractivity contribution is 5.59. The summed E-state index contributed by atoms with van der Waals surface area (Å²) in [4.78, 5) is 0. The lowest BCUT2D eigenvalue weighted by atomic mass is 10.2. The summed E-state index contributed by atoms with van der Waals surface area (Å²) in [5.41, 5.74) is -1.93. The third-order valence-electron chi connectivity index (χ3n) is 3.24. The highest BCUT2D eigenvalue weighted by atomic mass is 19.4. The van der Waals surface area contributed by atoms with E-state index in [4.69, 9.17) is 9.84 Å². The molecule has 142 valence electrons. The molecule has 2 rings (SSSR count). The number of halogens is 6. The van der Waals surface area contributed by atoms with Crippen molar-refractivity contribution in [3.05, 3.63) is 53.3 Å². The van der Waals surface area contributed by atoms with E-state index in [0.717, 1.165) is 18.2 Å². The van der Waals surface area contributed by atoms with Crippen molar-refractivity contribution in [2.24, 2.45) is 0 Å². The van der Waals surface area contributed by atoms with Gasteiger partial charge in [-0.1, -0.05) is 6.07 Å². The van der Waals surface area contributed by atoms with Crippen molar-refractivity contribution in [1.29, 1.82) is 0 Å². The number of hydrogen-bond acceptors (Lipinski definition) is 4. The Balaban J connectivity index is 2.36. The molecule has 0 saturated heterocycles. The maximum absolute atomic E-state index is 13.9. The van der Waals surface area contributed by atoms with Gasteiger partial charge in [-0.15, -0.1) is 0 Å². The number of aliphatic hydroxyl groups is 2. The maximum Gasteiger partial charge on any atom is 0.416 e. The van der Waals surface area contributed by atoms with E-state index < -0.39 is 59.1 Å². The molecule has 0 aliphatic carbocycles. The third kappa shape index (κ3) is 4.58. The van der Waals surface area contributed by atoms with Crippen LogP contribution in [0.1, 0.15) is 5.56 Å². The number of benzene rings is 2. The Hall–Kier alpha value is -2.46. The van der Waals surface area contributed by atoms with Crippen molar-refractivity contribution in [2.45, 2.75) is 12.3 Å². The first-order chi connectivity index (χ1) is 12.1. The van der Waals surface area contributed by atoms with E-state index in [2.05, 4.69) is 5.32 Å². The van der Waals surface area contributed by atoms with Gasteiger partial charge in [-0.3, -0.25) is 0 Å². The van der Waals surface area contributed by atoms with Crippen LogP contribution in [0.2, 0.25) is 0 Å². The smallest absolute Gasteiger partial charge is 0.416 e. The van der Waals surface area contributed by atoms with Crippen molar-refractivity contribution < 1.29 is 41.3 Å². The average Bonchev–Trinajstić information content (AvgIpc) is 2.56. The van der Waals surface area contributed by atoms with Gasteiger partial charge in [-0.2, -0.15) is 13.2 Å². The molecule has 1 atom stereocenters. The van der Waals surface area contributed by atoms with Crippen LogP contribution in [0.3, 0.4) is 0 Å². The highest BCUT2D eigenvalue weighted by Crippen LogP contribution is 2.37. The zero-order valence-electron chi connectivity index (χ0n) is 12.9. The molecular weight excluding hydrogens is 368 g/mol. The molecule has 0 saturated carbocycles. The molecule has 0 heterocycles. The summed E-state index contributed by atoms with van der Waals surface area (Å²) in [6.45, 7) is -0.939. The number of aliphatic hydroxyl groups excluding tert-OH is 2. The molecule has 2 aromatic rings. The molecule has 0 aromatic heterocycles. The van der Waals surface area contributed by atoms with Gasteiger partial charge in [0.05, 0.1) is 18.3 Å². The largest absolute Gasteiger partial charge is 0.449 e. The zero-order valence-corrected chi connectivity index (χ0v) is 12.9. The molecule has 1 unspecified atom stereocenters. The summed E-state index contributed by atoms with van der Waals surface area (Å²) in [6.07, 6.45) is -6.20. The van der Waals surface area contributed by atoms with Gasteiger partial charge in [-0.05, 0) is 24.3 Å². The zero-order chi connectivity index (χ0) is 19.5. The van der Waals surface area contributed by atoms with E-state index in [9.17, 15) is 31.4 Å². The predicted octanol–water partition coefficient (Wildman–Crippen LogP) is 3.68. The quantitative estimate of drug-likeness (QED) is 0.668. The monoisotopic (exact) mass is 381 g/mol. The van der Waals surface area contributed by atoms with Gasteiger partial charge in [-0.25, -0.2) is 13.2 Å². The van der Waals surface area contributed by atoms with Crippen LogP contribution in [-0.4, -0.2) is 29.5 Å². The van der Waals surface area contributed by atoms with E-state index >= 15 is 0 Å². The summed E-state index contributed by atoms with van der Waals surface area (Å²) < 4.78 is 84.2. The van der Waals surface area contributed by atoms with Crippen molar-refractivity contribution in [3.63, 3.8) is 0 Å². The summed E-state index contributed by atoms with van der Waals surface area (Å²) in [6, 6.07) is 3.37. The number of para-hydroxylation sites is 1. The average molecular weight is 381 g/mol. The van der Waals surface area contributed by atoms with Gasteiger partial charge in [0.15, 0.2) is 23.1 Å². The van der Waals surface area contributed by atoms with Crippen LogP contribution in [-0.2, 0) is 6.18 Å². The second-order valence-electron chi connectivity index (χ2n) is 5.20. The standard InChI is InChI=1S/C16H13F6NO3/c17-10-2-1-3-13(14(10)23-6-9(25)7-24)26-15-11(18)4-8(5-12(15)19)16(20,21)22/h1-5,9,23-25H,6-7H2. The van der Waals surface area contributed by atoms with E-state index in [1.807, 2.05) is 0 Å². The van der Waals surface area contributed by atoms with Crippen LogP contribution in [0.4, 0.5) is 32.0 Å². The molecule has 0 spiro atoms. The number of anilines is 1. The SMILES string of the molecule is OCC(O)CNc1c(F)cccc1Oc1c(F)cc(C(F)(F)F)cc1F. The molecule has 10 heteroatoms. The summed E-state index contributed by atoms with van der Waals surface area (Å²) in [7, 11) is 0. The predicted molar refractivity (Wildman–Crippen MR) is 79.4 cm³/mol. The molecule has 26 heavy (non-hydrogen) atoms. The Bertz CT molecular complexity index is 758. The molecule has 0 bridgehead atoms. The topological polar surface area (TPSA) is 61.7 Å². The first kappa shape index (κ1) is 19.9. The van der Waals surface area contributed by atoms with E-state index in [1.54, 1.807) is 0 Å². The van der Waals surface area contributed by atoms with E-state index in [-0.39, 0.29) is 18.7 Å². The normalized spacial score (nSPS) is 12.8. The van der Waals surface area contributed by atoms with E-state index in [1.165, 1.54) is 0 Å². The van der Waals surface area contributed by atoms with Crippen molar-refractivity contribution >= 4 is 5.69 Å². The van der Waals surface area contributed by atoms with Gasteiger partial charge in [0.2, 0.25) is 0 Å². The van der Waals surface area contributed by atoms with Gasteiger partial charge in [0, 0.05) is 6.54 Å². The Kier molecular flexibility index (Phi) is 5.98. The van der Waals surface area contributed by atoms with Gasteiger partial charge < -0.3 is 20.3 Å². The Morgan fingerprint density at radius 3 is 2.19 bits per heavy atom.